The second kappa shape index (κ2) is 7.33. The average molecular weight is 406 g/mol. The predicted octanol–water partition coefficient (Wildman–Crippen LogP) is 3.38. The van der Waals surface area contributed by atoms with Crippen LogP contribution in [0.15, 0.2) is 33.7 Å². The van der Waals surface area contributed by atoms with Crippen LogP contribution in [0.1, 0.15) is 50.6 Å². The monoisotopic (exact) mass is 405 g/mol. The van der Waals surface area contributed by atoms with Gasteiger partial charge in [0.15, 0.2) is 5.76 Å². The van der Waals surface area contributed by atoms with Crippen LogP contribution in [0, 0.1) is 13.8 Å². The number of aromatic nitrogens is 1. The van der Waals surface area contributed by atoms with Gasteiger partial charge >= 0.3 is 0 Å². The summed E-state index contributed by atoms with van der Waals surface area (Å²) in [6.45, 7) is 9.82. The summed E-state index contributed by atoms with van der Waals surface area (Å²) in [7, 11) is -3.85. The molecule has 1 aromatic heterocycles. The van der Waals surface area contributed by atoms with E-state index in [9.17, 15) is 13.2 Å². The van der Waals surface area contributed by atoms with Crippen LogP contribution < -0.4 is 5.32 Å². The molecule has 0 aliphatic carbocycles. The highest BCUT2D eigenvalue weighted by Crippen LogP contribution is 2.30. The van der Waals surface area contributed by atoms with E-state index >= 15 is 0 Å². The van der Waals surface area contributed by atoms with Crippen LogP contribution in [-0.4, -0.2) is 36.4 Å². The zero-order valence-corrected chi connectivity index (χ0v) is 17.8. The number of sulfonamides is 1. The number of nitrogens with zero attached hydrogens (tertiary/aromatic N) is 2. The Kier molecular flexibility index (Phi) is 5.38. The van der Waals surface area contributed by atoms with Crippen LogP contribution in [0.4, 0.5) is 5.69 Å². The van der Waals surface area contributed by atoms with Crippen molar-refractivity contribution in [3.8, 4) is 0 Å². The van der Waals surface area contributed by atoms with E-state index in [1.807, 2.05) is 24.3 Å². The Morgan fingerprint density at radius 2 is 1.86 bits per heavy atom. The van der Waals surface area contributed by atoms with Gasteiger partial charge in [-0.15, -0.1) is 0 Å². The first-order valence-corrected chi connectivity index (χ1v) is 10.8. The molecule has 1 aliphatic heterocycles. The highest BCUT2D eigenvalue weighted by Gasteiger charge is 2.41. The highest BCUT2D eigenvalue weighted by molar-refractivity contribution is 7.89. The van der Waals surface area contributed by atoms with E-state index in [2.05, 4.69) is 31.2 Å². The normalized spacial score (nSPS) is 18.4. The number of aryl methyl sites for hydroxylation is 2. The molecule has 28 heavy (non-hydrogen) atoms. The van der Waals surface area contributed by atoms with Gasteiger partial charge in [-0.2, -0.15) is 4.31 Å². The maximum absolute atomic E-state index is 13.1. The molecule has 1 aromatic carbocycles. The van der Waals surface area contributed by atoms with E-state index in [0.717, 1.165) is 5.56 Å². The average Bonchev–Trinajstić information content (AvgIpc) is 3.22. The Morgan fingerprint density at radius 3 is 2.39 bits per heavy atom. The standard InChI is InChI=1S/C20H27N3O4S/c1-13-18(14(2)27-22-13)28(25,26)23-12-6-7-17(23)19(24)21-16-10-8-15(9-11-16)20(3,4)5/h8-11,17H,6-7,12H2,1-5H3,(H,21,24)/t17-/m0/s1. The van der Waals surface area contributed by atoms with Gasteiger partial charge in [-0.25, -0.2) is 8.42 Å². The third-order valence-corrected chi connectivity index (χ3v) is 7.21. The van der Waals surface area contributed by atoms with Crippen LogP contribution in [0.25, 0.3) is 0 Å². The van der Waals surface area contributed by atoms with Gasteiger partial charge in [0.25, 0.3) is 0 Å². The summed E-state index contributed by atoms with van der Waals surface area (Å²) in [5.74, 6) is -0.0855. The molecule has 2 heterocycles. The minimum Gasteiger partial charge on any atom is -0.360 e. The molecule has 1 atom stereocenters. The smallest absolute Gasteiger partial charge is 0.249 e. The van der Waals surface area contributed by atoms with Crippen molar-refractivity contribution >= 4 is 21.6 Å². The molecule has 1 N–H and O–H groups in total. The fourth-order valence-electron chi connectivity index (χ4n) is 3.53. The third kappa shape index (κ3) is 3.84. The van der Waals surface area contributed by atoms with Gasteiger partial charge in [0, 0.05) is 12.2 Å². The summed E-state index contributed by atoms with van der Waals surface area (Å²) in [6.07, 6.45) is 1.11. The lowest BCUT2D eigenvalue weighted by Crippen LogP contribution is -2.43. The summed E-state index contributed by atoms with van der Waals surface area (Å²) >= 11 is 0. The number of benzene rings is 1. The Hall–Kier alpha value is -2.19. The molecule has 1 saturated heterocycles. The first-order chi connectivity index (χ1) is 13.0. The maximum Gasteiger partial charge on any atom is 0.249 e. The number of hydrogen-bond donors (Lipinski definition) is 1. The molecule has 0 bridgehead atoms. The van der Waals surface area contributed by atoms with Gasteiger partial charge in [-0.1, -0.05) is 38.1 Å². The molecular formula is C20H27N3O4S. The van der Waals surface area contributed by atoms with Gasteiger partial charge in [-0.3, -0.25) is 4.79 Å². The largest absolute Gasteiger partial charge is 0.360 e. The van der Waals surface area contributed by atoms with Crippen molar-refractivity contribution in [3.63, 3.8) is 0 Å². The Bertz CT molecular complexity index is 952. The Balaban J connectivity index is 1.80. The molecule has 1 fully saturated rings. The highest BCUT2D eigenvalue weighted by atomic mass is 32.2. The fourth-order valence-corrected chi connectivity index (χ4v) is 5.48. The van der Waals surface area contributed by atoms with Gasteiger partial charge in [-0.05, 0) is 49.8 Å². The number of nitrogens with one attached hydrogen (secondary N) is 1. The minimum atomic E-state index is -3.85. The number of carbonyl (C=O) groups is 1. The Morgan fingerprint density at radius 1 is 1.21 bits per heavy atom. The first kappa shape index (κ1) is 20.5. The molecule has 0 radical (unpaired) electrons. The molecule has 3 rings (SSSR count). The van der Waals surface area contributed by atoms with E-state index in [1.165, 1.54) is 4.31 Å². The van der Waals surface area contributed by atoms with Gasteiger partial charge in [0.05, 0.1) is 0 Å². The lowest BCUT2D eigenvalue weighted by atomic mass is 9.87. The van der Waals surface area contributed by atoms with Gasteiger partial charge < -0.3 is 9.84 Å². The van der Waals surface area contributed by atoms with Crippen LogP contribution in [0.2, 0.25) is 0 Å². The molecule has 152 valence electrons. The minimum absolute atomic E-state index is 0.0210. The van der Waals surface area contributed by atoms with Crippen LogP contribution in [-0.2, 0) is 20.2 Å². The molecule has 0 saturated carbocycles. The van der Waals surface area contributed by atoms with E-state index in [1.54, 1.807) is 13.8 Å². The first-order valence-electron chi connectivity index (χ1n) is 9.38. The van der Waals surface area contributed by atoms with Crippen LogP contribution in [0.5, 0.6) is 0 Å². The summed E-state index contributed by atoms with van der Waals surface area (Å²) in [6, 6.07) is 6.90. The van der Waals surface area contributed by atoms with Crippen molar-refractivity contribution in [2.75, 3.05) is 11.9 Å². The number of amides is 1. The van der Waals surface area contributed by atoms with Crippen LogP contribution in [0.3, 0.4) is 0 Å². The van der Waals surface area contributed by atoms with Gasteiger partial charge in [0.1, 0.15) is 16.6 Å². The second-order valence-electron chi connectivity index (χ2n) is 8.24. The lowest BCUT2D eigenvalue weighted by molar-refractivity contribution is -0.119. The third-order valence-electron chi connectivity index (χ3n) is 5.06. The summed E-state index contributed by atoms with van der Waals surface area (Å²) < 4.78 is 32.5. The molecule has 0 unspecified atom stereocenters. The fraction of sp³-hybridized carbons (Fsp3) is 0.500. The Labute approximate surface area is 166 Å². The lowest BCUT2D eigenvalue weighted by Gasteiger charge is -2.23. The van der Waals surface area contributed by atoms with Crippen molar-refractivity contribution in [2.24, 2.45) is 0 Å². The van der Waals surface area contributed by atoms with Crippen molar-refractivity contribution in [1.29, 1.82) is 0 Å². The van der Waals surface area contributed by atoms with Crippen LogP contribution >= 0.6 is 0 Å². The van der Waals surface area contributed by atoms with E-state index in [-0.39, 0.29) is 22.0 Å². The van der Waals surface area contributed by atoms with E-state index in [0.29, 0.717) is 30.8 Å². The zero-order chi connectivity index (χ0) is 20.7. The molecule has 2 aromatic rings. The molecule has 1 amide bonds. The van der Waals surface area contributed by atoms with Crippen molar-refractivity contribution < 1.29 is 17.7 Å². The van der Waals surface area contributed by atoms with Crippen molar-refractivity contribution in [3.05, 3.63) is 41.3 Å². The molecule has 7 nitrogen and oxygen atoms in total. The van der Waals surface area contributed by atoms with Crippen molar-refractivity contribution in [2.45, 2.75) is 63.8 Å². The summed E-state index contributed by atoms with van der Waals surface area (Å²) in [4.78, 5) is 12.9. The number of rotatable bonds is 4. The van der Waals surface area contributed by atoms with Gasteiger partial charge in [0.2, 0.25) is 15.9 Å². The van der Waals surface area contributed by atoms with E-state index in [4.69, 9.17) is 4.52 Å². The summed E-state index contributed by atoms with van der Waals surface area (Å²) in [5, 5.41) is 6.59. The number of hydrogen-bond acceptors (Lipinski definition) is 5. The second-order valence-corrected chi connectivity index (χ2v) is 10.1. The quantitative estimate of drug-likeness (QED) is 0.842. The molecule has 8 heteroatoms. The molecular weight excluding hydrogens is 378 g/mol. The van der Waals surface area contributed by atoms with Crippen molar-refractivity contribution in [1.82, 2.24) is 9.46 Å². The SMILES string of the molecule is Cc1noc(C)c1S(=O)(=O)N1CCC[C@H]1C(=O)Nc1ccc(C(C)(C)C)cc1. The number of anilines is 1. The zero-order valence-electron chi connectivity index (χ0n) is 16.9. The molecule has 0 spiro atoms. The predicted molar refractivity (Wildman–Crippen MR) is 107 cm³/mol. The number of carbonyl (C=O) groups excluding carboxylic acids is 1. The topological polar surface area (TPSA) is 92.5 Å². The maximum atomic E-state index is 13.1. The summed E-state index contributed by atoms with van der Waals surface area (Å²) in [5.41, 5.74) is 2.14. The van der Waals surface area contributed by atoms with E-state index < -0.39 is 16.1 Å². The molecule has 1 aliphatic rings.